The second-order valence-corrected chi connectivity index (χ2v) is 4.55. The molecule has 1 rings (SSSR count). The van der Waals surface area contributed by atoms with Gasteiger partial charge < -0.3 is 0 Å². The van der Waals surface area contributed by atoms with Gasteiger partial charge in [-0.3, -0.25) is 14.3 Å². The summed E-state index contributed by atoms with van der Waals surface area (Å²) in [5.41, 5.74) is 0.323. The van der Waals surface area contributed by atoms with Gasteiger partial charge in [-0.05, 0) is 18.6 Å². The zero-order valence-corrected chi connectivity index (χ0v) is 9.88. The molecule has 0 saturated heterocycles. The van der Waals surface area contributed by atoms with Gasteiger partial charge in [-0.25, -0.2) is 0 Å². The third-order valence-corrected chi connectivity index (χ3v) is 2.82. The van der Waals surface area contributed by atoms with Crippen LogP contribution in [0.3, 0.4) is 0 Å². The number of rotatable bonds is 5. The number of hydrogen-bond acceptors (Lipinski definition) is 5. The molecule has 1 aromatic carbocycles. The lowest BCUT2D eigenvalue weighted by Gasteiger charge is -1.97. The zero-order chi connectivity index (χ0) is 12.9. The first-order valence-corrected chi connectivity index (χ1v) is 6.24. The number of nitro benzene ring substituents is 1. The molecular formula is C10H11NO5S. The summed E-state index contributed by atoms with van der Waals surface area (Å²) in [7, 11) is -3.71. The molecule has 92 valence electrons. The molecule has 0 amide bonds. The molecule has 0 atom stereocenters. The van der Waals surface area contributed by atoms with Gasteiger partial charge >= 0.3 is 0 Å². The molecule has 0 N–H and O–H groups in total. The highest BCUT2D eigenvalue weighted by molar-refractivity contribution is 7.89. The smallest absolute Gasteiger partial charge is 0.267 e. The third-order valence-electron chi connectivity index (χ3n) is 1.79. The van der Waals surface area contributed by atoms with Crippen LogP contribution >= 0.6 is 0 Å². The molecule has 6 nitrogen and oxygen atoms in total. The van der Waals surface area contributed by atoms with Crippen molar-refractivity contribution in [2.45, 2.75) is 6.92 Å². The SMILES string of the molecule is CCOS(=O)(=O)/C=C/c1cccc([N+](=O)[O-])c1. The van der Waals surface area contributed by atoms with Crippen molar-refractivity contribution in [3.63, 3.8) is 0 Å². The second-order valence-electron chi connectivity index (χ2n) is 3.05. The lowest BCUT2D eigenvalue weighted by molar-refractivity contribution is -0.384. The van der Waals surface area contributed by atoms with Gasteiger partial charge in [-0.1, -0.05) is 12.1 Å². The molecule has 0 bridgehead atoms. The first-order valence-electron chi connectivity index (χ1n) is 4.76. The number of non-ortho nitro benzene ring substituents is 1. The minimum Gasteiger partial charge on any atom is -0.267 e. The van der Waals surface area contributed by atoms with E-state index >= 15 is 0 Å². The molecule has 1 aromatic rings. The maximum Gasteiger partial charge on any atom is 0.290 e. The maximum absolute atomic E-state index is 11.2. The van der Waals surface area contributed by atoms with Crippen LogP contribution in [0, 0.1) is 10.1 Å². The highest BCUT2D eigenvalue weighted by Crippen LogP contribution is 2.14. The first-order chi connectivity index (χ1) is 7.94. The predicted molar refractivity (Wildman–Crippen MR) is 62.7 cm³/mol. The normalized spacial score (nSPS) is 11.8. The van der Waals surface area contributed by atoms with Crippen molar-refractivity contribution >= 4 is 21.9 Å². The molecular weight excluding hydrogens is 246 g/mol. The molecule has 0 saturated carbocycles. The van der Waals surface area contributed by atoms with Crippen molar-refractivity contribution in [3.05, 3.63) is 45.4 Å². The number of nitrogens with zero attached hydrogens (tertiary/aromatic N) is 1. The van der Waals surface area contributed by atoms with Gasteiger partial charge in [-0.15, -0.1) is 0 Å². The molecule has 17 heavy (non-hydrogen) atoms. The molecule has 0 spiro atoms. The summed E-state index contributed by atoms with van der Waals surface area (Å²) in [4.78, 5) is 9.95. The van der Waals surface area contributed by atoms with Crippen LogP contribution in [0.1, 0.15) is 12.5 Å². The topological polar surface area (TPSA) is 86.5 Å². The van der Waals surface area contributed by atoms with E-state index in [1.165, 1.54) is 24.3 Å². The monoisotopic (exact) mass is 257 g/mol. The fourth-order valence-corrected chi connectivity index (χ4v) is 1.84. The standard InChI is InChI=1S/C10H11NO5S/c1-2-16-17(14,15)7-6-9-4-3-5-10(8-9)11(12)13/h3-8H,2H2,1H3/b7-6+. The van der Waals surface area contributed by atoms with Gasteiger partial charge in [0.25, 0.3) is 15.8 Å². The quantitative estimate of drug-likeness (QED) is 0.457. The van der Waals surface area contributed by atoms with Gasteiger partial charge in [-0.2, -0.15) is 8.42 Å². The van der Waals surface area contributed by atoms with E-state index in [1.54, 1.807) is 13.0 Å². The van der Waals surface area contributed by atoms with Gasteiger partial charge in [0.1, 0.15) is 0 Å². The van der Waals surface area contributed by atoms with E-state index in [9.17, 15) is 18.5 Å². The van der Waals surface area contributed by atoms with E-state index in [2.05, 4.69) is 4.18 Å². The van der Waals surface area contributed by atoms with Crippen LogP contribution in [0.25, 0.3) is 6.08 Å². The minimum absolute atomic E-state index is 0.0433. The average Bonchev–Trinajstić information content (AvgIpc) is 2.27. The number of nitro groups is 1. The van der Waals surface area contributed by atoms with Crippen molar-refractivity contribution in [1.82, 2.24) is 0 Å². The molecule has 0 aliphatic heterocycles. The van der Waals surface area contributed by atoms with Crippen molar-refractivity contribution < 1.29 is 17.5 Å². The zero-order valence-electron chi connectivity index (χ0n) is 9.07. The van der Waals surface area contributed by atoms with E-state index in [-0.39, 0.29) is 12.3 Å². The summed E-state index contributed by atoms with van der Waals surface area (Å²) in [5, 5.41) is 11.4. The Bertz CT molecular complexity index is 535. The Morgan fingerprint density at radius 2 is 2.18 bits per heavy atom. The molecule has 7 heteroatoms. The van der Waals surface area contributed by atoms with Gasteiger partial charge in [0.2, 0.25) is 0 Å². The van der Waals surface area contributed by atoms with Crippen LogP contribution < -0.4 is 0 Å². The third kappa shape index (κ3) is 4.33. The Labute approximate surface area is 98.8 Å². The average molecular weight is 257 g/mol. The molecule has 0 fully saturated rings. The molecule has 0 unspecified atom stereocenters. The Morgan fingerprint density at radius 3 is 2.76 bits per heavy atom. The largest absolute Gasteiger partial charge is 0.290 e. The highest BCUT2D eigenvalue weighted by atomic mass is 32.2. The van der Waals surface area contributed by atoms with Crippen molar-refractivity contribution in [1.29, 1.82) is 0 Å². The first kappa shape index (κ1) is 13.3. The lowest BCUT2D eigenvalue weighted by atomic mass is 10.2. The Morgan fingerprint density at radius 1 is 1.47 bits per heavy atom. The fraction of sp³-hybridized carbons (Fsp3) is 0.200. The summed E-state index contributed by atoms with van der Waals surface area (Å²) in [6.07, 6.45) is 1.25. The van der Waals surface area contributed by atoms with E-state index in [0.29, 0.717) is 5.56 Å². The summed E-state index contributed by atoms with van der Waals surface area (Å²) >= 11 is 0. The van der Waals surface area contributed by atoms with Crippen molar-refractivity contribution in [2.24, 2.45) is 0 Å². The molecule has 0 radical (unpaired) electrons. The maximum atomic E-state index is 11.2. The summed E-state index contributed by atoms with van der Waals surface area (Å²) < 4.78 is 26.8. The Hall–Kier alpha value is -1.73. The molecule has 0 aliphatic carbocycles. The summed E-state index contributed by atoms with van der Waals surface area (Å²) in [5.74, 6) is 0. The van der Waals surface area contributed by atoms with E-state index in [0.717, 1.165) is 5.41 Å². The molecule has 0 aliphatic rings. The molecule has 0 aromatic heterocycles. The van der Waals surface area contributed by atoms with Crippen molar-refractivity contribution in [3.8, 4) is 0 Å². The highest BCUT2D eigenvalue weighted by Gasteiger charge is 2.06. The lowest BCUT2D eigenvalue weighted by Crippen LogP contribution is -2.00. The van der Waals surface area contributed by atoms with E-state index in [4.69, 9.17) is 0 Å². The van der Waals surface area contributed by atoms with Gasteiger partial charge in [0.05, 0.1) is 16.9 Å². The van der Waals surface area contributed by atoms with Crippen LogP contribution in [0.4, 0.5) is 5.69 Å². The van der Waals surface area contributed by atoms with Crippen LogP contribution in [-0.4, -0.2) is 19.9 Å². The second kappa shape index (κ2) is 5.55. The van der Waals surface area contributed by atoms with Gasteiger partial charge in [0, 0.05) is 12.1 Å². The minimum atomic E-state index is -3.71. The predicted octanol–water partition coefficient (Wildman–Crippen LogP) is 1.93. The Balaban J connectivity index is 2.92. The number of hydrogen-bond donors (Lipinski definition) is 0. The Kier molecular flexibility index (Phi) is 4.36. The fourth-order valence-electron chi connectivity index (χ4n) is 1.11. The van der Waals surface area contributed by atoms with Crippen LogP contribution in [-0.2, 0) is 14.3 Å². The molecule has 0 heterocycles. The summed E-state index contributed by atoms with van der Waals surface area (Å²) in [6, 6.07) is 5.64. The number of benzene rings is 1. The summed E-state index contributed by atoms with van der Waals surface area (Å²) in [6.45, 7) is 1.60. The van der Waals surface area contributed by atoms with Crippen LogP contribution in [0.15, 0.2) is 29.7 Å². The van der Waals surface area contributed by atoms with Crippen molar-refractivity contribution in [2.75, 3.05) is 6.61 Å². The van der Waals surface area contributed by atoms with Crippen LogP contribution in [0.2, 0.25) is 0 Å². The van der Waals surface area contributed by atoms with E-state index in [1.807, 2.05) is 0 Å². The van der Waals surface area contributed by atoms with Gasteiger partial charge in [0.15, 0.2) is 0 Å². The van der Waals surface area contributed by atoms with Crippen LogP contribution in [0.5, 0.6) is 0 Å². The van der Waals surface area contributed by atoms with E-state index < -0.39 is 15.0 Å².